The van der Waals surface area contributed by atoms with Gasteiger partial charge in [-0.1, -0.05) is 34.1 Å². The van der Waals surface area contributed by atoms with E-state index in [1.807, 2.05) is 24.3 Å². The Kier molecular flexibility index (Phi) is 4.52. The lowest BCUT2D eigenvalue weighted by Gasteiger charge is -2.08. The Morgan fingerprint density at radius 1 is 1.11 bits per heavy atom. The summed E-state index contributed by atoms with van der Waals surface area (Å²) < 4.78 is 13.6. The van der Waals surface area contributed by atoms with Crippen molar-refractivity contribution in [3.8, 4) is 0 Å². The molecule has 0 fully saturated rings. The zero-order valence-corrected chi connectivity index (χ0v) is 11.6. The second kappa shape index (κ2) is 6.33. The fourth-order valence-electron chi connectivity index (χ4n) is 1.53. The molecule has 0 aromatic heterocycles. The first-order chi connectivity index (χ1) is 9.15. The molecule has 0 atom stereocenters. The number of carbonyl (C=O) groups excluding carboxylic acids is 1. The molecule has 2 N–H and O–H groups in total. The third kappa shape index (κ3) is 4.06. The van der Waals surface area contributed by atoms with Crippen molar-refractivity contribution < 1.29 is 9.18 Å². The van der Waals surface area contributed by atoms with Crippen LogP contribution in [0.4, 0.5) is 14.9 Å². The molecule has 2 aromatic carbocycles. The molecular weight excluding hydrogens is 311 g/mol. The van der Waals surface area contributed by atoms with Gasteiger partial charge in [0.25, 0.3) is 0 Å². The molecule has 3 nitrogen and oxygen atoms in total. The first-order valence-electron chi connectivity index (χ1n) is 5.69. The number of nitrogens with one attached hydrogen (secondary N) is 2. The van der Waals surface area contributed by atoms with Crippen LogP contribution in [0.25, 0.3) is 0 Å². The highest BCUT2D eigenvalue weighted by molar-refractivity contribution is 9.10. The first kappa shape index (κ1) is 13.5. The molecule has 5 heteroatoms. The molecule has 0 saturated carbocycles. The number of carbonyl (C=O) groups is 1. The van der Waals surface area contributed by atoms with E-state index < -0.39 is 0 Å². The highest BCUT2D eigenvalue weighted by Gasteiger charge is 2.03. The molecule has 0 bridgehead atoms. The summed E-state index contributed by atoms with van der Waals surface area (Å²) in [6.45, 7) is 0.411. The van der Waals surface area contributed by atoms with E-state index in [1.54, 1.807) is 0 Å². The van der Waals surface area contributed by atoms with Gasteiger partial charge in [-0.15, -0.1) is 0 Å². The summed E-state index contributed by atoms with van der Waals surface area (Å²) in [6, 6.07) is 12.9. The van der Waals surface area contributed by atoms with Gasteiger partial charge in [-0.25, -0.2) is 9.18 Å². The van der Waals surface area contributed by atoms with Gasteiger partial charge < -0.3 is 10.6 Å². The van der Waals surface area contributed by atoms with Crippen molar-refractivity contribution in [1.29, 1.82) is 0 Å². The van der Waals surface area contributed by atoms with E-state index >= 15 is 0 Å². The molecule has 0 aliphatic carbocycles. The molecule has 0 unspecified atom stereocenters. The van der Waals surface area contributed by atoms with Gasteiger partial charge in [-0.2, -0.15) is 0 Å². The lowest BCUT2D eigenvalue weighted by molar-refractivity contribution is 0.251. The van der Waals surface area contributed by atoms with Crippen LogP contribution in [-0.2, 0) is 6.54 Å². The van der Waals surface area contributed by atoms with Crippen LogP contribution < -0.4 is 10.6 Å². The van der Waals surface area contributed by atoms with Crippen molar-refractivity contribution in [2.45, 2.75) is 6.54 Å². The number of benzene rings is 2. The van der Waals surface area contributed by atoms with Crippen molar-refractivity contribution in [3.05, 3.63) is 64.4 Å². The van der Waals surface area contributed by atoms with Crippen LogP contribution in [0.5, 0.6) is 0 Å². The number of urea groups is 1. The summed E-state index contributed by atoms with van der Waals surface area (Å²) in [5.41, 5.74) is 1.53. The summed E-state index contributed by atoms with van der Waals surface area (Å²) >= 11 is 3.41. The molecule has 19 heavy (non-hydrogen) atoms. The second-order valence-electron chi connectivity index (χ2n) is 3.91. The zero-order valence-electron chi connectivity index (χ0n) is 9.99. The van der Waals surface area contributed by atoms with E-state index in [1.165, 1.54) is 24.3 Å². The zero-order chi connectivity index (χ0) is 13.7. The Labute approximate surface area is 119 Å². The van der Waals surface area contributed by atoms with E-state index in [-0.39, 0.29) is 11.8 Å². The number of rotatable bonds is 3. The van der Waals surface area contributed by atoms with Crippen LogP contribution in [0.1, 0.15) is 5.56 Å². The first-order valence-corrected chi connectivity index (χ1v) is 6.48. The minimum Gasteiger partial charge on any atom is -0.334 e. The van der Waals surface area contributed by atoms with E-state index in [2.05, 4.69) is 26.6 Å². The fourth-order valence-corrected chi connectivity index (χ4v) is 1.95. The largest absolute Gasteiger partial charge is 0.334 e. The molecular formula is C14H12BrFN2O. The maximum absolute atomic E-state index is 12.7. The molecule has 0 spiro atoms. The summed E-state index contributed by atoms with van der Waals surface area (Å²) in [6.07, 6.45) is 0. The van der Waals surface area contributed by atoms with Crippen LogP contribution in [0.2, 0.25) is 0 Å². The number of halogens is 2. The number of amides is 2. The van der Waals surface area contributed by atoms with Gasteiger partial charge >= 0.3 is 6.03 Å². The Morgan fingerprint density at radius 3 is 2.47 bits per heavy atom. The molecule has 98 valence electrons. The predicted octanol–water partition coefficient (Wildman–Crippen LogP) is 3.91. The van der Waals surface area contributed by atoms with Gasteiger partial charge in [-0.05, 0) is 35.9 Å². The standard InChI is InChI=1S/C14H12BrFN2O/c15-13-4-2-1-3-10(13)9-17-14(19)18-12-7-5-11(16)6-8-12/h1-8H,9H2,(H2,17,18,19). The van der Waals surface area contributed by atoms with E-state index in [9.17, 15) is 9.18 Å². The van der Waals surface area contributed by atoms with Crippen molar-refractivity contribution in [2.75, 3.05) is 5.32 Å². The molecule has 2 rings (SSSR count). The van der Waals surface area contributed by atoms with Crippen LogP contribution in [0, 0.1) is 5.82 Å². The topological polar surface area (TPSA) is 41.1 Å². The maximum atomic E-state index is 12.7. The third-order valence-electron chi connectivity index (χ3n) is 2.50. The minimum atomic E-state index is -0.334. The van der Waals surface area contributed by atoms with E-state index in [0.717, 1.165) is 10.0 Å². The monoisotopic (exact) mass is 322 g/mol. The Bertz CT molecular complexity index is 572. The number of anilines is 1. The number of hydrogen-bond donors (Lipinski definition) is 2. The summed E-state index contributed by atoms with van der Waals surface area (Å²) in [5.74, 6) is -0.334. The predicted molar refractivity (Wildman–Crippen MR) is 76.4 cm³/mol. The third-order valence-corrected chi connectivity index (χ3v) is 3.27. The fraction of sp³-hybridized carbons (Fsp3) is 0.0714. The van der Waals surface area contributed by atoms with Crippen LogP contribution >= 0.6 is 15.9 Å². The molecule has 0 saturated heterocycles. The SMILES string of the molecule is O=C(NCc1ccccc1Br)Nc1ccc(F)cc1. The van der Waals surface area contributed by atoms with E-state index in [4.69, 9.17) is 0 Å². The Hall–Kier alpha value is -1.88. The summed E-state index contributed by atoms with van der Waals surface area (Å²) in [4.78, 5) is 11.7. The van der Waals surface area contributed by atoms with Gasteiger partial charge in [0.15, 0.2) is 0 Å². The van der Waals surface area contributed by atoms with Gasteiger partial charge in [0.05, 0.1) is 0 Å². The van der Waals surface area contributed by atoms with Crippen molar-refractivity contribution in [2.24, 2.45) is 0 Å². The Morgan fingerprint density at radius 2 is 1.79 bits per heavy atom. The summed E-state index contributed by atoms with van der Waals surface area (Å²) in [5, 5.41) is 5.36. The molecule has 2 aromatic rings. The maximum Gasteiger partial charge on any atom is 0.319 e. The van der Waals surface area contributed by atoms with E-state index in [0.29, 0.717) is 12.2 Å². The molecule has 0 aliphatic rings. The molecule has 0 radical (unpaired) electrons. The second-order valence-corrected chi connectivity index (χ2v) is 4.76. The molecule has 2 amide bonds. The Balaban J connectivity index is 1.88. The van der Waals surface area contributed by atoms with Crippen molar-refractivity contribution >= 4 is 27.6 Å². The normalized spacial score (nSPS) is 10.0. The van der Waals surface area contributed by atoms with Crippen molar-refractivity contribution in [3.63, 3.8) is 0 Å². The molecule has 0 heterocycles. The van der Waals surface area contributed by atoms with Crippen LogP contribution in [0.3, 0.4) is 0 Å². The van der Waals surface area contributed by atoms with Gasteiger partial charge in [0.2, 0.25) is 0 Å². The quantitative estimate of drug-likeness (QED) is 0.883. The lowest BCUT2D eigenvalue weighted by Crippen LogP contribution is -2.28. The van der Waals surface area contributed by atoms with Crippen molar-refractivity contribution in [1.82, 2.24) is 5.32 Å². The van der Waals surface area contributed by atoms with Crippen LogP contribution in [0.15, 0.2) is 53.0 Å². The highest BCUT2D eigenvalue weighted by Crippen LogP contribution is 2.15. The van der Waals surface area contributed by atoms with Gasteiger partial charge in [-0.3, -0.25) is 0 Å². The van der Waals surface area contributed by atoms with Crippen LogP contribution in [-0.4, -0.2) is 6.03 Å². The van der Waals surface area contributed by atoms with Gasteiger partial charge in [0, 0.05) is 16.7 Å². The average Bonchev–Trinajstić information content (AvgIpc) is 2.40. The minimum absolute atomic E-state index is 0.331. The highest BCUT2D eigenvalue weighted by atomic mass is 79.9. The smallest absolute Gasteiger partial charge is 0.319 e. The lowest BCUT2D eigenvalue weighted by atomic mass is 10.2. The number of hydrogen-bond acceptors (Lipinski definition) is 1. The summed E-state index contributed by atoms with van der Waals surface area (Å²) in [7, 11) is 0. The molecule has 0 aliphatic heterocycles. The average molecular weight is 323 g/mol. The van der Waals surface area contributed by atoms with Gasteiger partial charge in [0.1, 0.15) is 5.82 Å².